The molecule has 2 aromatic heterocycles. The second-order valence-corrected chi connectivity index (χ2v) is 6.45. The van der Waals surface area contributed by atoms with Crippen LogP contribution in [-0.2, 0) is 0 Å². The number of methoxy groups -OCH3 is 2. The third kappa shape index (κ3) is 3.83. The fraction of sp³-hybridized carbons (Fsp3) is 0.211. The Kier molecular flexibility index (Phi) is 5.48. The molecule has 0 aliphatic carbocycles. The van der Waals surface area contributed by atoms with Crippen molar-refractivity contribution in [3.8, 4) is 22.1 Å². The van der Waals surface area contributed by atoms with Gasteiger partial charge in [-0.3, -0.25) is 9.78 Å². The zero-order valence-corrected chi connectivity index (χ0v) is 15.5. The van der Waals surface area contributed by atoms with Crippen LogP contribution < -0.4 is 14.8 Å². The Labute approximate surface area is 155 Å². The van der Waals surface area contributed by atoms with E-state index in [4.69, 9.17) is 9.47 Å². The number of benzene rings is 1. The van der Waals surface area contributed by atoms with Gasteiger partial charge in [0.15, 0.2) is 11.5 Å². The molecule has 2 heterocycles. The van der Waals surface area contributed by atoms with Crippen LogP contribution in [0.15, 0.2) is 48.1 Å². The molecule has 3 aromatic rings. The number of thiazole rings is 1. The maximum atomic E-state index is 12.5. The molecule has 0 radical (unpaired) electrons. The molecule has 0 spiro atoms. The predicted octanol–water partition coefficient (Wildman–Crippen LogP) is 3.71. The number of nitrogens with one attached hydrogen (secondary N) is 1. The second kappa shape index (κ2) is 7.97. The molecule has 1 aromatic carbocycles. The van der Waals surface area contributed by atoms with Gasteiger partial charge in [0, 0.05) is 23.3 Å². The lowest BCUT2D eigenvalue weighted by Gasteiger charge is -2.12. The smallest absolute Gasteiger partial charge is 0.271 e. The van der Waals surface area contributed by atoms with Gasteiger partial charge in [-0.25, -0.2) is 4.98 Å². The molecule has 7 heteroatoms. The van der Waals surface area contributed by atoms with Crippen LogP contribution in [0.3, 0.4) is 0 Å². The molecule has 134 valence electrons. The molecule has 0 saturated carbocycles. The van der Waals surface area contributed by atoms with E-state index in [0.29, 0.717) is 17.2 Å². The van der Waals surface area contributed by atoms with Gasteiger partial charge in [-0.05, 0) is 36.8 Å². The van der Waals surface area contributed by atoms with Gasteiger partial charge in [-0.2, -0.15) is 0 Å². The summed E-state index contributed by atoms with van der Waals surface area (Å²) in [5.41, 5.74) is 2.19. The minimum atomic E-state index is -0.218. The Morgan fingerprint density at radius 2 is 2.00 bits per heavy atom. The zero-order valence-electron chi connectivity index (χ0n) is 14.7. The maximum absolute atomic E-state index is 12.5. The third-order valence-corrected chi connectivity index (χ3v) is 4.79. The Hall–Kier alpha value is -2.93. The van der Waals surface area contributed by atoms with Crippen molar-refractivity contribution in [3.05, 3.63) is 59.4 Å². The van der Waals surface area contributed by atoms with E-state index in [0.717, 1.165) is 16.1 Å². The van der Waals surface area contributed by atoms with Crippen LogP contribution in [0.25, 0.3) is 10.6 Å². The van der Waals surface area contributed by atoms with Crippen molar-refractivity contribution in [2.75, 3.05) is 14.2 Å². The Morgan fingerprint density at radius 3 is 2.69 bits per heavy atom. The van der Waals surface area contributed by atoms with Crippen LogP contribution in [0.4, 0.5) is 0 Å². The lowest BCUT2D eigenvalue weighted by molar-refractivity contribution is 0.0935. The Bertz CT molecular complexity index is 896. The van der Waals surface area contributed by atoms with Crippen molar-refractivity contribution < 1.29 is 14.3 Å². The normalized spacial score (nSPS) is 11.7. The van der Waals surface area contributed by atoms with Gasteiger partial charge >= 0.3 is 0 Å². The van der Waals surface area contributed by atoms with E-state index in [9.17, 15) is 4.79 Å². The summed E-state index contributed by atoms with van der Waals surface area (Å²) < 4.78 is 10.6. The molecule has 1 amide bonds. The standard InChI is InChI=1S/C19H19N3O3S/c1-12(14-5-4-8-20-10-14)21-18(23)15-11-26-19(22-15)13-6-7-16(24-2)17(9-13)25-3/h4-12H,1-3H3,(H,21,23)/t12-/m0/s1. The van der Waals surface area contributed by atoms with Gasteiger partial charge in [-0.1, -0.05) is 6.07 Å². The van der Waals surface area contributed by atoms with Crippen LogP contribution in [0, 0.1) is 0 Å². The number of amides is 1. The van der Waals surface area contributed by atoms with E-state index in [1.54, 1.807) is 32.0 Å². The number of hydrogen-bond donors (Lipinski definition) is 1. The molecule has 0 unspecified atom stereocenters. The number of carbonyl (C=O) groups excluding carboxylic acids is 1. The highest BCUT2D eigenvalue weighted by Gasteiger charge is 2.16. The number of ether oxygens (including phenoxy) is 2. The van der Waals surface area contributed by atoms with E-state index in [1.807, 2.05) is 37.3 Å². The molecular weight excluding hydrogens is 350 g/mol. The molecule has 26 heavy (non-hydrogen) atoms. The molecule has 1 N–H and O–H groups in total. The van der Waals surface area contributed by atoms with Gasteiger partial charge in [0.2, 0.25) is 0 Å². The summed E-state index contributed by atoms with van der Waals surface area (Å²) in [6, 6.07) is 9.17. The van der Waals surface area contributed by atoms with Crippen LogP contribution in [0.5, 0.6) is 11.5 Å². The molecule has 3 rings (SSSR count). The van der Waals surface area contributed by atoms with Crippen LogP contribution in [0.2, 0.25) is 0 Å². The summed E-state index contributed by atoms with van der Waals surface area (Å²) in [5.74, 6) is 1.05. The van der Waals surface area contributed by atoms with E-state index in [1.165, 1.54) is 11.3 Å². The highest BCUT2D eigenvalue weighted by atomic mass is 32.1. The summed E-state index contributed by atoms with van der Waals surface area (Å²) in [4.78, 5) is 21.0. The summed E-state index contributed by atoms with van der Waals surface area (Å²) in [7, 11) is 3.18. The number of pyridine rings is 1. The van der Waals surface area contributed by atoms with Crippen LogP contribution in [-0.4, -0.2) is 30.1 Å². The molecular formula is C19H19N3O3S. The number of hydrogen-bond acceptors (Lipinski definition) is 6. The molecule has 0 aliphatic rings. The van der Waals surface area contributed by atoms with E-state index >= 15 is 0 Å². The van der Waals surface area contributed by atoms with E-state index in [-0.39, 0.29) is 11.9 Å². The van der Waals surface area contributed by atoms with Crippen molar-refractivity contribution in [2.24, 2.45) is 0 Å². The van der Waals surface area contributed by atoms with Crippen LogP contribution >= 0.6 is 11.3 Å². The fourth-order valence-corrected chi connectivity index (χ4v) is 3.26. The highest BCUT2D eigenvalue weighted by Crippen LogP contribution is 2.33. The number of aromatic nitrogens is 2. The van der Waals surface area contributed by atoms with Gasteiger partial charge in [0.25, 0.3) is 5.91 Å². The topological polar surface area (TPSA) is 73.3 Å². The predicted molar refractivity (Wildman–Crippen MR) is 101 cm³/mol. The molecule has 1 atom stereocenters. The summed E-state index contributed by atoms with van der Waals surface area (Å²) in [6.07, 6.45) is 3.44. The van der Waals surface area contributed by atoms with Crippen molar-refractivity contribution in [2.45, 2.75) is 13.0 Å². The molecule has 0 aliphatic heterocycles. The minimum Gasteiger partial charge on any atom is -0.493 e. The first-order valence-corrected chi connectivity index (χ1v) is 8.89. The first-order chi connectivity index (χ1) is 12.6. The molecule has 0 fully saturated rings. The SMILES string of the molecule is COc1ccc(-c2nc(C(=O)N[C@@H](C)c3cccnc3)cs2)cc1OC. The molecule has 0 bridgehead atoms. The molecule has 0 saturated heterocycles. The largest absolute Gasteiger partial charge is 0.493 e. The van der Waals surface area contributed by atoms with Crippen LogP contribution in [0.1, 0.15) is 29.0 Å². The Morgan fingerprint density at radius 1 is 1.19 bits per heavy atom. The van der Waals surface area contributed by atoms with Gasteiger partial charge in [-0.15, -0.1) is 11.3 Å². The third-order valence-electron chi connectivity index (χ3n) is 3.90. The number of rotatable bonds is 6. The Balaban J connectivity index is 1.76. The van der Waals surface area contributed by atoms with Crippen molar-refractivity contribution in [1.29, 1.82) is 0 Å². The van der Waals surface area contributed by atoms with Crippen molar-refractivity contribution in [1.82, 2.24) is 15.3 Å². The number of nitrogens with zero attached hydrogens (tertiary/aromatic N) is 2. The number of carbonyl (C=O) groups is 1. The highest BCUT2D eigenvalue weighted by molar-refractivity contribution is 7.13. The summed E-state index contributed by atoms with van der Waals surface area (Å²) >= 11 is 1.41. The van der Waals surface area contributed by atoms with Crippen molar-refractivity contribution >= 4 is 17.2 Å². The first-order valence-electron chi connectivity index (χ1n) is 8.01. The average molecular weight is 369 g/mol. The first kappa shape index (κ1) is 17.9. The maximum Gasteiger partial charge on any atom is 0.271 e. The minimum absolute atomic E-state index is 0.151. The zero-order chi connectivity index (χ0) is 18.5. The molecule has 6 nitrogen and oxygen atoms in total. The van der Waals surface area contributed by atoms with Crippen molar-refractivity contribution in [3.63, 3.8) is 0 Å². The summed E-state index contributed by atoms with van der Waals surface area (Å²) in [6.45, 7) is 1.91. The fourth-order valence-electron chi connectivity index (χ4n) is 2.47. The lowest BCUT2D eigenvalue weighted by atomic mass is 10.1. The monoisotopic (exact) mass is 369 g/mol. The summed E-state index contributed by atoms with van der Waals surface area (Å²) in [5, 5.41) is 5.43. The second-order valence-electron chi connectivity index (χ2n) is 5.59. The quantitative estimate of drug-likeness (QED) is 0.717. The van der Waals surface area contributed by atoms with Gasteiger partial charge in [0.05, 0.1) is 20.3 Å². The average Bonchev–Trinajstić information content (AvgIpc) is 3.18. The van der Waals surface area contributed by atoms with Gasteiger partial charge in [0.1, 0.15) is 10.7 Å². The van der Waals surface area contributed by atoms with E-state index in [2.05, 4.69) is 15.3 Å². The van der Waals surface area contributed by atoms with Gasteiger partial charge < -0.3 is 14.8 Å². The lowest BCUT2D eigenvalue weighted by Crippen LogP contribution is -2.26. The van der Waals surface area contributed by atoms with E-state index < -0.39 is 0 Å².